The first kappa shape index (κ1) is 18.8. The molecular formula is C20H25ClN6O. The fourth-order valence-electron chi connectivity index (χ4n) is 3.74. The molecule has 0 aliphatic carbocycles. The molecule has 2 aromatic heterocycles. The topological polar surface area (TPSA) is 61.0 Å². The van der Waals surface area contributed by atoms with Crippen LogP contribution in [0.4, 0.5) is 5.95 Å². The van der Waals surface area contributed by atoms with E-state index in [1.54, 1.807) is 7.11 Å². The number of aryl methyl sites for hydroxylation is 2. The van der Waals surface area contributed by atoms with E-state index in [0.29, 0.717) is 10.8 Å². The van der Waals surface area contributed by atoms with Gasteiger partial charge in [-0.25, -0.2) is 0 Å². The monoisotopic (exact) mass is 400 g/mol. The number of methoxy groups -OCH3 is 1. The van der Waals surface area contributed by atoms with Crippen LogP contribution in [0.25, 0.3) is 11.4 Å². The van der Waals surface area contributed by atoms with Gasteiger partial charge in [-0.2, -0.15) is 5.10 Å². The lowest BCUT2D eigenvalue weighted by molar-refractivity contribution is 0.416. The van der Waals surface area contributed by atoms with Gasteiger partial charge in [0.1, 0.15) is 5.75 Å². The lowest BCUT2D eigenvalue weighted by Crippen LogP contribution is -2.22. The summed E-state index contributed by atoms with van der Waals surface area (Å²) in [6.07, 6.45) is 8.33. The first-order chi connectivity index (χ1) is 13.7. The van der Waals surface area contributed by atoms with Gasteiger partial charge in [-0.3, -0.25) is 9.25 Å². The number of aromatic nitrogens is 5. The average molecular weight is 401 g/mol. The van der Waals surface area contributed by atoms with Gasteiger partial charge < -0.3 is 9.64 Å². The molecule has 0 spiro atoms. The number of nitrogens with zero attached hydrogens (tertiary/aromatic N) is 6. The number of ether oxygens (including phenoxy) is 1. The van der Waals surface area contributed by atoms with Crippen LogP contribution in [0, 0.1) is 0 Å². The molecule has 0 amide bonds. The van der Waals surface area contributed by atoms with Gasteiger partial charge in [0.05, 0.1) is 18.9 Å². The lowest BCUT2D eigenvalue weighted by Gasteiger charge is -2.19. The molecule has 28 heavy (non-hydrogen) atoms. The highest BCUT2D eigenvalue weighted by atomic mass is 35.5. The molecule has 148 valence electrons. The molecule has 3 aromatic rings. The number of rotatable bonds is 7. The Morgan fingerprint density at radius 2 is 2.00 bits per heavy atom. The van der Waals surface area contributed by atoms with Crippen LogP contribution in [0.1, 0.15) is 24.8 Å². The van der Waals surface area contributed by atoms with Crippen molar-refractivity contribution >= 4 is 17.5 Å². The van der Waals surface area contributed by atoms with E-state index >= 15 is 0 Å². The van der Waals surface area contributed by atoms with Crippen molar-refractivity contribution in [1.29, 1.82) is 0 Å². The van der Waals surface area contributed by atoms with E-state index in [1.165, 1.54) is 18.4 Å². The van der Waals surface area contributed by atoms with E-state index in [4.69, 9.17) is 16.3 Å². The van der Waals surface area contributed by atoms with Gasteiger partial charge in [0.25, 0.3) is 0 Å². The Bertz CT molecular complexity index is 944. The molecule has 0 N–H and O–H groups in total. The van der Waals surface area contributed by atoms with E-state index in [-0.39, 0.29) is 0 Å². The average Bonchev–Trinajstić information content (AvgIpc) is 3.43. The smallest absolute Gasteiger partial charge is 0.227 e. The third kappa shape index (κ3) is 3.85. The van der Waals surface area contributed by atoms with Crippen molar-refractivity contribution in [1.82, 2.24) is 24.5 Å². The summed E-state index contributed by atoms with van der Waals surface area (Å²) in [4.78, 5) is 2.32. The Labute approximate surface area is 169 Å². The highest BCUT2D eigenvalue weighted by Crippen LogP contribution is 2.33. The normalized spacial score (nSPS) is 14.0. The number of hydrogen-bond acceptors (Lipinski definition) is 5. The summed E-state index contributed by atoms with van der Waals surface area (Å²) in [5.41, 5.74) is 2.15. The molecule has 0 unspecified atom stereocenters. The molecule has 1 aliphatic rings. The molecule has 7 nitrogen and oxygen atoms in total. The second kappa shape index (κ2) is 8.22. The molecule has 3 heterocycles. The molecule has 0 saturated carbocycles. The largest absolute Gasteiger partial charge is 0.496 e. The van der Waals surface area contributed by atoms with Gasteiger partial charge in [-0.15, -0.1) is 10.2 Å². The standard InChI is InChI=1S/C20H25ClN6O/c1-25-14-15(13-22-25)6-5-11-27-19(17-8-7-16(21)12-18(17)28-2)23-24-20(27)26-9-3-4-10-26/h7-8,12-14H,3-6,9-11H2,1-2H3. The molecular weight excluding hydrogens is 376 g/mol. The van der Waals surface area contributed by atoms with Crippen LogP contribution in [-0.4, -0.2) is 44.7 Å². The van der Waals surface area contributed by atoms with Crippen molar-refractivity contribution in [2.45, 2.75) is 32.2 Å². The Morgan fingerprint density at radius 3 is 2.71 bits per heavy atom. The summed E-state index contributed by atoms with van der Waals surface area (Å²) < 4.78 is 9.61. The van der Waals surface area contributed by atoms with Crippen LogP contribution in [0.2, 0.25) is 5.02 Å². The molecule has 1 aliphatic heterocycles. The minimum absolute atomic E-state index is 0.642. The summed E-state index contributed by atoms with van der Waals surface area (Å²) >= 11 is 6.15. The number of halogens is 1. The second-order valence-electron chi connectivity index (χ2n) is 7.14. The lowest BCUT2D eigenvalue weighted by atomic mass is 10.1. The van der Waals surface area contributed by atoms with Crippen molar-refractivity contribution in [2.75, 3.05) is 25.1 Å². The zero-order valence-electron chi connectivity index (χ0n) is 16.3. The zero-order valence-corrected chi connectivity index (χ0v) is 17.1. The van der Waals surface area contributed by atoms with Crippen LogP contribution in [0.3, 0.4) is 0 Å². The predicted molar refractivity (Wildman–Crippen MR) is 110 cm³/mol. The van der Waals surface area contributed by atoms with Crippen LogP contribution < -0.4 is 9.64 Å². The molecule has 0 radical (unpaired) electrons. The third-order valence-corrected chi connectivity index (χ3v) is 5.37. The number of benzene rings is 1. The van der Waals surface area contributed by atoms with Crippen molar-refractivity contribution < 1.29 is 4.74 Å². The van der Waals surface area contributed by atoms with Gasteiger partial charge in [0, 0.05) is 37.9 Å². The van der Waals surface area contributed by atoms with Gasteiger partial charge in [-0.1, -0.05) is 11.6 Å². The van der Waals surface area contributed by atoms with Gasteiger partial charge >= 0.3 is 0 Å². The maximum Gasteiger partial charge on any atom is 0.227 e. The summed E-state index contributed by atoms with van der Waals surface area (Å²) in [7, 11) is 3.60. The van der Waals surface area contributed by atoms with Crippen molar-refractivity contribution in [3.05, 3.63) is 41.2 Å². The molecule has 0 bridgehead atoms. The van der Waals surface area contributed by atoms with Crippen LogP contribution in [0.15, 0.2) is 30.6 Å². The molecule has 4 rings (SSSR count). The summed E-state index contributed by atoms with van der Waals surface area (Å²) in [6.45, 7) is 2.88. The Balaban J connectivity index is 1.64. The van der Waals surface area contributed by atoms with Crippen LogP contribution in [-0.2, 0) is 20.0 Å². The minimum atomic E-state index is 0.642. The van der Waals surface area contributed by atoms with E-state index in [1.807, 2.05) is 36.1 Å². The maximum atomic E-state index is 6.15. The van der Waals surface area contributed by atoms with Gasteiger partial charge in [-0.05, 0) is 49.4 Å². The molecule has 1 saturated heterocycles. The first-order valence-electron chi connectivity index (χ1n) is 9.65. The molecule has 1 aromatic carbocycles. The van der Waals surface area contributed by atoms with E-state index < -0.39 is 0 Å². The minimum Gasteiger partial charge on any atom is -0.496 e. The first-order valence-corrected chi connectivity index (χ1v) is 10.0. The Morgan fingerprint density at radius 1 is 1.18 bits per heavy atom. The fraction of sp³-hybridized carbons (Fsp3) is 0.450. The fourth-order valence-corrected chi connectivity index (χ4v) is 3.91. The van der Waals surface area contributed by atoms with Gasteiger partial charge in [0.2, 0.25) is 5.95 Å². The summed E-state index contributed by atoms with van der Waals surface area (Å²) in [6, 6.07) is 5.64. The van der Waals surface area contributed by atoms with Gasteiger partial charge in [0.15, 0.2) is 5.82 Å². The van der Waals surface area contributed by atoms with E-state index in [2.05, 4.69) is 31.0 Å². The Kier molecular flexibility index (Phi) is 5.52. The quantitative estimate of drug-likeness (QED) is 0.606. The highest BCUT2D eigenvalue weighted by molar-refractivity contribution is 6.30. The molecule has 8 heteroatoms. The maximum absolute atomic E-state index is 6.15. The number of hydrogen-bond donors (Lipinski definition) is 0. The van der Waals surface area contributed by atoms with Crippen LogP contribution in [0.5, 0.6) is 5.75 Å². The van der Waals surface area contributed by atoms with E-state index in [9.17, 15) is 0 Å². The van der Waals surface area contributed by atoms with Crippen molar-refractivity contribution in [3.63, 3.8) is 0 Å². The Hall–Kier alpha value is -2.54. The van der Waals surface area contributed by atoms with Crippen LogP contribution >= 0.6 is 11.6 Å². The third-order valence-electron chi connectivity index (χ3n) is 5.13. The van der Waals surface area contributed by atoms with Crippen molar-refractivity contribution in [3.8, 4) is 17.1 Å². The summed E-state index contributed by atoms with van der Waals surface area (Å²) in [5.74, 6) is 2.47. The SMILES string of the molecule is COc1cc(Cl)ccc1-c1nnc(N2CCCC2)n1CCCc1cnn(C)c1. The highest BCUT2D eigenvalue weighted by Gasteiger charge is 2.23. The van der Waals surface area contributed by atoms with E-state index in [0.717, 1.165) is 49.8 Å². The number of anilines is 1. The van der Waals surface area contributed by atoms with Crippen molar-refractivity contribution in [2.24, 2.45) is 7.05 Å². The zero-order chi connectivity index (χ0) is 19.5. The molecule has 1 fully saturated rings. The summed E-state index contributed by atoms with van der Waals surface area (Å²) in [5, 5.41) is 14.0. The molecule has 0 atom stereocenters. The second-order valence-corrected chi connectivity index (χ2v) is 7.58. The predicted octanol–water partition coefficient (Wildman–Crippen LogP) is 3.57.